The van der Waals surface area contributed by atoms with E-state index < -0.39 is 52.0 Å². The molecule has 10 heteroatoms. The number of anilines is 1. The molecule has 0 radical (unpaired) electrons. The number of benzene rings is 1. The highest BCUT2D eigenvalue weighted by Crippen LogP contribution is 2.53. The highest BCUT2D eigenvalue weighted by molar-refractivity contribution is 6.22. The van der Waals surface area contributed by atoms with Gasteiger partial charge in [-0.2, -0.15) is 0 Å². The van der Waals surface area contributed by atoms with E-state index in [-0.39, 0.29) is 36.1 Å². The van der Waals surface area contributed by atoms with E-state index in [1.165, 1.54) is 0 Å². The van der Waals surface area contributed by atoms with E-state index in [9.17, 15) is 34.8 Å². The van der Waals surface area contributed by atoms with Crippen LogP contribution in [0, 0.1) is 11.8 Å². The summed E-state index contributed by atoms with van der Waals surface area (Å²) in [7, 11) is 3.70. The molecule has 1 aliphatic heterocycles. The van der Waals surface area contributed by atoms with E-state index in [1.54, 1.807) is 0 Å². The zero-order valence-corrected chi connectivity index (χ0v) is 20.1. The number of rotatable bonds is 4. The SMILES string of the molecule is CN(C)c1cc(CN2CC=CC2)c(O)c2c1CC1CC3CC(=O)C(C(N)=O)=C(O)C3(O)C(=O)C1=C2O. The normalized spacial score (nSPS) is 27.8. The van der Waals surface area contributed by atoms with Crippen LogP contribution in [0.1, 0.15) is 29.5 Å². The first-order valence-electron chi connectivity index (χ1n) is 11.9. The van der Waals surface area contributed by atoms with Crippen LogP contribution in [0.4, 0.5) is 5.69 Å². The summed E-state index contributed by atoms with van der Waals surface area (Å²) in [5.41, 5.74) is 3.88. The van der Waals surface area contributed by atoms with Crippen molar-refractivity contribution in [3.05, 3.63) is 51.8 Å². The third kappa shape index (κ3) is 3.28. The summed E-state index contributed by atoms with van der Waals surface area (Å²) in [5.74, 6) is -6.19. The first kappa shape index (κ1) is 24.1. The fourth-order valence-corrected chi connectivity index (χ4v) is 6.13. The summed E-state index contributed by atoms with van der Waals surface area (Å²) in [4.78, 5) is 41.9. The number of primary amides is 1. The number of aromatic hydroxyl groups is 1. The van der Waals surface area contributed by atoms with Gasteiger partial charge in [-0.25, -0.2) is 0 Å². The highest BCUT2D eigenvalue weighted by Gasteiger charge is 2.60. The standard InChI is InChI=1S/C26H29N3O7/c1-28(2)16-9-13(11-29-5-3-4-6-29)21(31)19-15(16)8-12-7-14-10-17(30)20(25(27)35)24(34)26(14,36)23(33)18(12)22(19)32/h3-4,9,12,14,31-32,34,36H,5-8,10-11H2,1-2H3,(H2,27,35). The number of aliphatic hydroxyl groups is 3. The number of hydrogen-bond acceptors (Lipinski definition) is 9. The number of phenols is 1. The fourth-order valence-electron chi connectivity index (χ4n) is 6.13. The Labute approximate surface area is 207 Å². The van der Waals surface area contributed by atoms with E-state index >= 15 is 0 Å². The van der Waals surface area contributed by atoms with Crippen molar-refractivity contribution in [1.82, 2.24) is 4.90 Å². The van der Waals surface area contributed by atoms with Gasteiger partial charge in [0.05, 0.1) is 5.56 Å². The Morgan fingerprint density at radius 2 is 1.83 bits per heavy atom. The molecule has 190 valence electrons. The molecule has 1 fully saturated rings. The summed E-state index contributed by atoms with van der Waals surface area (Å²) in [5, 5.41) is 44.7. The van der Waals surface area contributed by atoms with Gasteiger partial charge in [0, 0.05) is 62.9 Å². The summed E-state index contributed by atoms with van der Waals surface area (Å²) in [6.45, 7) is 1.87. The number of amides is 1. The molecule has 1 aromatic carbocycles. The molecule has 1 saturated carbocycles. The molecule has 6 N–H and O–H groups in total. The van der Waals surface area contributed by atoms with Crippen molar-refractivity contribution in [2.75, 3.05) is 32.1 Å². The second-order valence-electron chi connectivity index (χ2n) is 10.2. The minimum absolute atomic E-state index is 0.109. The average Bonchev–Trinajstić information content (AvgIpc) is 3.30. The molecule has 1 amide bonds. The average molecular weight is 496 g/mol. The van der Waals surface area contributed by atoms with Crippen molar-refractivity contribution in [3.63, 3.8) is 0 Å². The summed E-state index contributed by atoms with van der Waals surface area (Å²) in [6, 6.07) is 1.88. The van der Waals surface area contributed by atoms with Crippen molar-refractivity contribution in [1.29, 1.82) is 0 Å². The van der Waals surface area contributed by atoms with E-state index in [1.807, 2.05) is 37.2 Å². The number of carbonyl (C=O) groups excluding carboxylic acids is 3. The van der Waals surface area contributed by atoms with Crippen LogP contribution in [0.3, 0.4) is 0 Å². The van der Waals surface area contributed by atoms with Gasteiger partial charge in [-0.05, 0) is 30.4 Å². The second-order valence-corrected chi connectivity index (χ2v) is 10.2. The number of carbonyl (C=O) groups is 3. The zero-order chi connectivity index (χ0) is 26.1. The summed E-state index contributed by atoms with van der Waals surface area (Å²) in [6.07, 6.45) is 4.11. The van der Waals surface area contributed by atoms with E-state index in [0.717, 1.165) is 18.8 Å². The number of nitrogens with two attached hydrogens (primary N) is 1. The predicted molar refractivity (Wildman–Crippen MR) is 130 cm³/mol. The first-order chi connectivity index (χ1) is 17.0. The summed E-state index contributed by atoms with van der Waals surface area (Å²) >= 11 is 0. The lowest BCUT2D eigenvalue weighted by Gasteiger charge is -2.46. The number of aliphatic hydroxyl groups excluding tert-OH is 2. The minimum atomic E-state index is -2.56. The van der Waals surface area contributed by atoms with E-state index in [2.05, 4.69) is 4.90 Å². The molecular weight excluding hydrogens is 466 g/mol. The van der Waals surface area contributed by atoms with Gasteiger partial charge in [-0.3, -0.25) is 19.3 Å². The Morgan fingerprint density at radius 1 is 1.17 bits per heavy atom. The first-order valence-corrected chi connectivity index (χ1v) is 11.9. The van der Waals surface area contributed by atoms with Gasteiger partial charge in [0.2, 0.25) is 5.78 Å². The molecular formula is C26H29N3O7. The van der Waals surface area contributed by atoms with Crippen LogP contribution in [0.25, 0.3) is 5.76 Å². The van der Waals surface area contributed by atoms with Gasteiger partial charge in [0.15, 0.2) is 11.4 Å². The largest absolute Gasteiger partial charge is 0.508 e. The number of ketones is 2. The van der Waals surface area contributed by atoms with Crippen LogP contribution < -0.4 is 10.6 Å². The number of nitrogens with zero attached hydrogens (tertiary/aromatic N) is 2. The molecule has 1 aromatic rings. The van der Waals surface area contributed by atoms with Gasteiger partial charge in [0.1, 0.15) is 22.8 Å². The molecule has 0 spiro atoms. The van der Waals surface area contributed by atoms with Gasteiger partial charge < -0.3 is 31.1 Å². The molecule has 36 heavy (non-hydrogen) atoms. The molecule has 0 saturated heterocycles. The lowest BCUT2D eigenvalue weighted by Crippen LogP contribution is -2.58. The number of hydrogen-bond donors (Lipinski definition) is 5. The molecule has 3 aliphatic carbocycles. The van der Waals surface area contributed by atoms with Crippen LogP contribution in [-0.4, -0.2) is 75.6 Å². The van der Waals surface area contributed by atoms with Crippen molar-refractivity contribution < 1.29 is 34.8 Å². The predicted octanol–water partition coefficient (Wildman–Crippen LogP) is 0.862. The monoisotopic (exact) mass is 495 g/mol. The van der Waals surface area contributed by atoms with Crippen molar-refractivity contribution in [2.45, 2.75) is 31.4 Å². The van der Waals surface area contributed by atoms with Crippen LogP contribution in [0.15, 0.2) is 35.1 Å². The second kappa shape index (κ2) is 8.21. The number of phenolic OH excluding ortho intramolecular Hbond substituents is 1. The topological polar surface area (TPSA) is 165 Å². The Morgan fingerprint density at radius 3 is 2.44 bits per heavy atom. The minimum Gasteiger partial charge on any atom is -0.508 e. The maximum Gasteiger partial charge on any atom is 0.255 e. The molecule has 3 atom stereocenters. The van der Waals surface area contributed by atoms with Crippen molar-refractivity contribution in [2.24, 2.45) is 17.6 Å². The van der Waals surface area contributed by atoms with Crippen LogP contribution in [-0.2, 0) is 27.3 Å². The lowest BCUT2D eigenvalue weighted by atomic mass is 9.59. The van der Waals surface area contributed by atoms with Crippen LogP contribution >= 0.6 is 0 Å². The third-order valence-electron chi connectivity index (χ3n) is 7.89. The van der Waals surface area contributed by atoms with Gasteiger partial charge in [0.25, 0.3) is 5.91 Å². The maximum absolute atomic E-state index is 13.7. The van der Waals surface area contributed by atoms with Crippen LogP contribution in [0.5, 0.6) is 5.75 Å². The molecule has 10 nitrogen and oxygen atoms in total. The molecule has 5 rings (SSSR count). The van der Waals surface area contributed by atoms with E-state index in [0.29, 0.717) is 17.7 Å². The third-order valence-corrected chi connectivity index (χ3v) is 7.89. The quantitative estimate of drug-likeness (QED) is 0.301. The Kier molecular flexibility index (Phi) is 5.49. The zero-order valence-electron chi connectivity index (χ0n) is 20.1. The van der Waals surface area contributed by atoms with Gasteiger partial charge >= 0.3 is 0 Å². The maximum atomic E-state index is 13.7. The van der Waals surface area contributed by atoms with Crippen LogP contribution in [0.2, 0.25) is 0 Å². The van der Waals surface area contributed by atoms with Gasteiger partial charge in [-0.15, -0.1) is 0 Å². The lowest BCUT2D eigenvalue weighted by molar-refractivity contribution is -0.147. The number of fused-ring (bicyclic) bond motifs is 3. The van der Waals surface area contributed by atoms with Gasteiger partial charge in [-0.1, -0.05) is 12.2 Å². The Bertz CT molecular complexity index is 1300. The van der Waals surface area contributed by atoms with Crippen molar-refractivity contribution in [3.8, 4) is 5.75 Å². The molecule has 4 aliphatic rings. The Hall–Kier alpha value is -3.63. The number of Topliss-reactive ketones (excluding diaryl/α,β-unsaturated/α-hetero) is 2. The molecule has 3 unspecified atom stereocenters. The fraction of sp³-hybridized carbons (Fsp3) is 0.423. The highest BCUT2D eigenvalue weighted by atomic mass is 16.3. The Balaban J connectivity index is 1.68. The molecule has 0 bridgehead atoms. The van der Waals surface area contributed by atoms with Crippen molar-refractivity contribution >= 4 is 28.9 Å². The summed E-state index contributed by atoms with van der Waals surface area (Å²) < 4.78 is 0. The van der Waals surface area contributed by atoms with E-state index in [4.69, 9.17) is 5.73 Å². The molecule has 1 heterocycles. The molecule has 0 aromatic heterocycles. The smallest absolute Gasteiger partial charge is 0.255 e.